The Morgan fingerprint density at radius 3 is 2.42 bits per heavy atom. The summed E-state index contributed by atoms with van der Waals surface area (Å²) in [7, 11) is 0. The summed E-state index contributed by atoms with van der Waals surface area (Å²) in [6.07, 6.45) is 1.89. The third-order valence-electron chi connectivity index (χ3n) is 3.70. The Morgan fingerprint density at radius 2 is 1.63 bits per heavy atom. The summed E-state index contributed by atoms with van der Waals surface area (Å²) in [6.45, 7) is 6.41. The Bertz CT molecular complexity index is 757. The van der Waals surface area contributed by atoms with Crippen molar-refractivity contribution in [3.8, 4) is 11.3 Å². The highest BCUT2D eigenvalue weighted by Gasteiger charge is 2.06. The maximum atomic E-state index is 4.59. The quantitative estimate of drug-likeness (QED) is 0.600. The first-order valence-corrected chi connectivity index (χ1v) is 6.58. The van der Waals surface area contributed by atoms with Crippen molar-refractivity contribution in [2.45, 2.75) is 20.8 Å². The van der Waals surface area contributed by atoms with Crippen LogP contribution in [0.15, 0.2) is 48.7 Å². The standard InChI is InChI=1S/C18H17N/c1-12-4-6-15-8-9-19-18(17(15)10-12)16-7-5-13(2)14(3)11-16/h4-11H,1-3H3. The number of benzene rings is 2. The molecular formula is C18H17N. The minimum absolute atomic E-state index is 1.07. The number of fused-ring (bicyclic) bond motifs is 1. The molecule has 0 aliphatic heterocycles. The molecule has 3 aromatic rings. The van der Waals surface area contributed by atoms with Gasteiger partial charge in [-0.3, -0.25) is 4.98 Å². The van der Waals surface area contributed by atoms with Gasteiger partial charge in [0, 0.05) is 17.1 Å². The number of pyridine rings is 1. The molecule has 0 radical (unpaired) electrons. The van der Waals surface area contributed by atoms with Crippen LogP contribution in [0.3, 0.4) is 0 Å². The van der Waals surface area contributed by atoms with E-state index < -0.39 is 0 Å². The first-order valence-electron chi connectivity index (χ1n) is 6.58. The summed E-state index contributed by atoms with van der Waals surface area (Å²) in [5, 5.41) is 2.47. The predicted octanol–water partition coefficient (Wildman–Crippen LogP) is 4.83. The maximum absolute atomic E-state index is 4.59. The molecule has 19 heavy (non-hydrogen) atoms. The van der Waals surface area contributed by atoms with Crippen molar-refractivity contribution in [3.05, 3.63) is 65.4 Å². The monoisotopic (exact) mass is 247 g/mol. The number of hydrogen-bond acceptors (Lipinski definition) is 1. The zero-order valence-electron chi connectivity index (χ0n) is 11.6. The van der Waals surface area contributed by atoms with Gasteiger partial charge in [-0.25, -0.2) is 0 Å². The molecule has 0 aliphatic carbocycles. The summed E-state index contributed by atoms with van der Waals surface area (Å²) in [6, 6.07) is 15.1. The van der Waals surface area contributed by atoms with Crippen LogP contribution in [0.1, 0.15) is 16.7 Å². The zero-order chi connectivity index (χ0) is 13.4. The number of hydrogen-bond donors (Lipinski definition) is 0. The van der Waals surface area contributed by atoms with E-state index in [4.69, 9.17) is 0 Å². The summed E-state index contributed by atoms with van der Waals surface area (Å²) >= 11 is 0. The smallest absolute Gasteiger partial charge is 0.0780 e. The van der Waals surface area contributed by atoms with Gasteiger partial charge in [0.2, 0.25) is 0 Å². The minimum atomic E-state index is 1.07. The van der Waals surface area contributed by atoms with Gasteiger partial charge in [-0.2, -0.15) is 0 Å². The molecule has 0 saturated heterocycles. The van der Waals surface area contributed by atoms with Crippen LogP contribution < -0.4 is 0 Å². The van der Waals surface area contributed by atoms with Crippen molar-refractivity contribution < 1.29 is 0 Å². The van der Waals surface area contributed by atoms with Crippen molar-refractivity contribution in [3.63, 3.8) is 0 Å². The number of rotatable bonds is 1. The average molecular weight is 247 g/mol. The van der Waals surface area contributed by atoms with E-state index in [0.29, 0.717) is 0 Å². The van der Waals surface area contributed by atoms with Crippen LogP contribution in [0.2, 0.25) is 0 Å². The second-order valence-electron chi connectivity index (χ2n) is 5.18. The van der Waals surface area contributed by atoms with Gasteiger partial charge >= 0.3 is 0 Å². The van der Waals surface area contributed by atoms with Crippen molar-refractivity contribution in [1.82, 2.24) is 4.98 Å². The molecule has 3 rings (SSSR count). The molecule has 0 atom stereocenters. The molecule has 1 nitrogen and oxygen atoms in total. The van der Waals surface area contributed by atoms with Crippen molar-refractivity contribution in [2.24, 2.45) is 0 Å². The van der Waals surface area contributed by atoms with Crippen LogP contribution in [-0.2, 0) is 0 Å². The van der Waals surface area contributed by atoms with Crippen LogP contribution >= 0.6 is 0 Å². The van der Waals surface area contributed by atoms with Gasteiger partial charge < -0.3 is 0 Å². The lowest BCUT2D eigenvalue weighted by Gasteiger charge is -2.08. The van der Waals surface area contributed by atoms with Gasteiger partial charge in [0.15, 0.2) is 0 Å². The van der Waals surface area contributed by atoms with Crippen LogP contribution in [-0.4, -0.2) is 4.98 Å². The van der Waals surface area contributed by atoms with Crippen molar-refractivity contribution in [1.29, 1.82) is 0 Å². The first kappa shape index (κ1) is 11.9. The Labute approximate surface area is 113 Å². The molecule has 0 amide bonds. The van der Waals surface area contributed by atoms with Gasteiger partial charge in [0.25, 0.3) is 0 Å². The fourth-order valence-corrected chi connectivity index (χ4v) is 2.40. The molecule has 1 heteroatoms. The van der Waals surface area contributed by atoms with E-state index >= 15 is 0 Å². The van der Waals surface area contributed by atoms with Crippen molar-refractivity contribution in [2.75, 3.05) is 0 Å². The van der Waals surface area contributed by atoms with E-state index in [2.05, 4.69) is 68.2 Å². The summed E-state index contributed by atoms with van der Waals surface area (Å²) < 4.78 is 0. The fraction of sp³-hybridized carbons (Fsp3) is 0.167. The van der Waals surface area contributed by atoms with E-state index in [9.17, 15) is 0 Å². The minimum Gasteiger partial charge on any atom is -0.256 e. The molecule has 0 bridgehead atoms. The average Bonchev–Trinajstić information content (AvgIpc) is 2.41. The zero-order valence-corrected chi connectivity index (χ0v) is 11.6. The van der Waals surface area contributed by atoms with Gasteiger partial charge in [-0.15, -0.1) is 0 Å². The number of nitrogens with zero attached hydrogens (tertiary/aromatic N) is 1. The molecule has 0 N–H and O–H groups in total. The van der Waals surface area contributed by atoms with Gasteiger partial charge in [-0.1, -0.05) is 29.8 Å². The Hall–Kier alpha value is -2.15. The summed E-state index contributed by atoms with van der Waals surface area (Å²) in [5.41, 5.74) is 6.17. The largest absolute Gasteiger partial charge is 0.256 e. The van der Waals surface area contributed by atoms with Crippen LogP contribution in [0.4, 0.5) is 0 Å². The molecule has 0 spiro atoms. The highest BCUT2D eigenvalue weighted by molar-refractivity contribution is 5.94. The summed E-state index contributed by atoms with van der Waals surface area (Å²) in [4.78, 5) is 4.59. The fourth-order valence-electron chi connectivity index (χ4n) is 2.40. The molecule has 1 aromatic heterocycles. The number of aryl methyl sites for hydroxylation is 3. The molecule has 2 aromatic carbocycles. The van der Waals surface area contributed by atoms with Crippen molar-refractivity contribution >= 4 is 10.8 Å². The van der Waals surface area contributed by atoms with Crippen LogP contribution in [0.5, 0.6) is 0 Å². The lowest BCUT2D eigenvalue weighted by molar-refractivity contribution is 1.31. The molecule has 1 heterocycles. The van der Waals surface area contributed by atoms with E-state index in [1.807, 2.05) is 6.20 Å². The topological polar surface area (TPSA) is 12.9 Å². The van der Waals surface area contributed by atoms with E-state index in [1.54, 1.807) is 0 Å². The first-order chi connectivity index (χ1) is 9.15. The Balaban J connectivity index is 2.29. The predicted molar refractivity (Wildman–Crippen MR) is 81.4 cm³/mol. The third kappa shape index (κ3) is 2.12. The van der Waals surface area contributed by atoms with Gasteiger partial charge in [0.1, 0.15) is 0 Å². The Kier molecular flexibility index (Phi) is 2.83. The molecule has 0 unspecified atom stereocenters. The molecule has 0 saturated carbocycles. The molecule has 0 fully saturated rings. The molecule has 94 valence electrons. The van der Waals surface area contributed by atoms with E-state index in [0.717, 1.165) is 5.69 Å². The van der Waals surface area contributed by atoms with Gasteiger partial charge in [-0.05, 0) is 55.5 Å². The van der Waals surface area contributed by atoms with E-state index in [1.165, 1.54) is 33.0 Å². The van der Waals surface area contributed by atoms with E-state index in [-0.39, 0.29) is 0 Å². The second kappa shape index (κ2) is 4.51. The molecule has 0 aliphatic rings. The number of aromatic nitrogens is 1. The SMILES string of the molecule is Cc1ccc2ccnc(-c3ccc(C)c(C)c3)c2c1. The lowest BCUT2D eigenvalue weighted by atomic mass is 9.99. The van der Waals surface area contributed by atoms with Gasteiger partial charge in [0.05, 0.1) is 5.69 Å². The maximum Gasteiger partial charge on any atom is 0.0780 e. The Morgan fingerprint density at radius 1 is 0.789 bits per heavy atom. The van der Waals surface area contributed by atoms with Crippen LogP contribution in [0, 0.1) is 20.8 Å². The summed E-state index contributed by atoms with van der Waals surface area (Å²) in [5.74, 6) is 0. The van der Waals surface area contributed by atoms with Crippen LogP contribution in [0.25, 0.3) is 22.0 Å². The third-order valence-corrected chi connectivity index (χ3v) is 3.70. The lowest BCUT2D eigenvalue weighted by Crippen LogP contribution is -1.89. The molecular weight excluding hydrogens is 230 g/mol. The highest BCUT2D eigenvalue weighted by atomic mass is 14.7. The normalized spacial score (nSPS) is 10.9. The second-order valence-corrected chi connectivity index (χ2v) is 5.18. The highest BCUT2D eigenvalue weighted by Crippen LogP contribution is 2.28.